The van der Waals surface area contributed by atoms with Crippen LogP contribution in [0.15, 0.2) is 9.95 Å². The normalized spacial score (nSPS) is 16.0. The van der Waals surface area contributed by atoms with E-state index in [-0.39, 0.29) is 23.3 Å². The van der Waals surface area contributed by atoms with Crippen LogP contribution >= 0.6 is 11.8 Å². The molecule has 1 aliphatic carbocycles. The fraction of sp³-hybridized carbons (Fsp3) is 0.533. The van der Waals surface area contributed by atoms with Crippen molar-refractivity contribution in [3.05, 3.63) is 10.4 Å². The number of carbonyl (C=O) groups excluding carboxylic acids is 1. The minimum Gasteiger partial charge on any atom is -0.480 e. The molecular weight excluding hydrogens is 360 g/mol. The highest BCUT2D eigenvalue weighted by Crippen LogP contribution is 2.35. The molecule has 5 N–H and O–H groups in total. The van der Waals surface area contributed by atoms with Gasteiger partial charge in [-0.15, -0.1) is 0 Å². The number of carboxylic acid groups (broad SMARTS) is 1. The summed E-state index contributed by atoms with van der Waals surface area (Å²) in [6, 6.07) is -0.911. The third kappa shape index (κ3) is 3.66. The molecule has 1 fully saturated rings. The number of hydrogen-bond donors (Lipinski definition) is 4. The van der Waals surface area contributed by atoms with Crippen molar-refractivity contribution in [2.45, 2.75) is 49.8 Å². The number of nitrogen functional groups attached to an aromatic ring is 1. The van der Waals surface area contributed by atoms with Gasteiger partial charge in [-0.3, -0.25) is 14.6 Å². The minimum absolute atomic E-state index is 0.0138. The Hall–Kier alpha value is -2.56. The predicted molar refractivity (Wildman–Crippen MR) is 96.0 cm³/mol. The predicted octanol–water partition coefficient (Wildman–Crippen LogP) is 0.498. The molecule has 1 unspecified atom stereocenters. The van der Waals surface area contributed by atoms with Crippen LogP contribution in [0, 0.1) is 0 Å². The number of aliphatic carboxylic acids is 1. The van der Waals surface area contributed by atoms with Crippen LogP contribution in [0.5, 0.6) is 0 Å². The van der Waals surface area contributed by atoms with E-state index in [1.54, 1.807) is 0 Å². The molecular formula is C15H20N6O4S. The Balaban J connectivity index is 1.97. The zero-order valence-electron chi connectivity index (χ0n) is 14.2. The second kappa shape index (κ2) is 7.36. The highest BCUT2D eigenvalue weighted by atomic mass is 32.2. The second-order valence-corrected chi connectivity index (χ2v) is 7.22. The van der Waals surface area contributed by atoms with E-state index in [0.717, 1.165) is 25.7 Å². The molecule has 2 aromatic rings. The van der Waals surface area contributed by atoms with Crippen LogP contribution in [0.2, 0.25) is 0 Å². The molecule has 10 nitrogen and oxygen atoms in total. The van der Waals surface area contributed by atoms with Crippen LogP contribution in [0.25, 0.3) is 11.2 Å². The maximum absolute atomic E-state index is 12.2. The first-order valence-electron chi connectivity index (χ1n) is 8.27. The van der Waals surface area contributed by atoms with Gasteiger partial charge in [0, 0.05) is 18.7 Å². The molecule has 26 heavy (non-hydrogen) atoms. The number of amides is 1. The van der Waals surface area contributed by atoms with Crippen molar-refractivity contribution in [3.63, 3.8) is 0 Å². The summed E-state index contributed by atoms with van der Waals surface area (Å²) in [5, 5.41) is 12.2. The smallest absolute Gasteiger partial charge is 0.327 e. The monoisotopic (exact) mass is 380 g/mol. The van der Waals surface area contributed by atoms with E-state index in [4.69, 9.17) is 5.73 Å². The number of fused-ring (bicyclic) bond motifs is 1. The number of H-pyrrole nitrogens is 1. The lowest BCUT2D eigenvalue weighted by Gasteiger charge is -2.17. The number of imidazole rings is 1. The lowest BCUT2D eigenvalue weighted by atomic mass is 10.2. The Labute approximate surface area is 152 Å². The fourth-order valence-corrected chi connectivity index (χ4v) is 4.22. The summed E-state index contributed by atoms with van der Waals surface area (Å²) in [4.78, 5) is 45.7. The summed E-state index contributed by atoms with van der Waals surface area (Å²) >= 11 is 1.18. The molecule has 1 saturated carbocycles. The van der Waals surface area contributed by atoms with Gasteiger partial charge in [-0.25, -0.2) is 9.78 Å². The van der Waals surface area contributed by atoms with Gasteiger partial charge in [0.05, 0.1) is 0 Å². The largest absolute Gasteiger partial charge is 0.480 e. The molecule has 0 aromatic carbocycles. The standard InChI is InChI=1S/C15H20N6O4S/c1-7(22)17-9(13(24)25)6-26-15-18-10-11(19-14(16)20-12(10)23)21(15)8-4-2-3-5-8/h8-9H,2-6H2,1H3,(H,17,22)(H,24,25)(H3,16,19,20,23). The van der Waals surface area contributed by atoms with Gasteiger partial charge in [-0.2, -0.15) is 4.98 Å². The quantitative estimate of drug-likeness (QED) is 0.528. The topological polar surface area (TPSA) is 156 Å². The van der Waals surface area contributed by atoms with Crippen molar-refractivity contribution >= 4 is 40.8 Å². The number of thioether (sulfide) groups is 1. The van der Waals surface area contributed by atoms with E-state index in [1.807, 2.05) is 4.57 Å². The van der Waals surface area contributed by atoms with Gasteiger partial charge in [0.2, 0.25) is 11.9 Å². The number of nitrogens with two attached hydrogens (primary N) is 1. The number of carboxylic acids is 1. The van der Waals surface area contributed by atoms with Crippen LogP contribution in [0.3, 0.4) is 0 Å². The third-order valence-electron chi connectivity index (χ3n) is 4.28. The fourth-order valence-electron chi connectivity index (χ4n) is 3.15. The SMILES string of the molecule is CC(=O)NC(CSc1nc2c(=O)[nH]c(N)nc2n1C1CCCC1)C(=O)O. The van der Waals surface area contributed by atoms with E-state index >= 15 is 0 Å². The Morgan fingerprint density at radius 3 is 2.73 bits per heavy atom. The van der Waals surface area contributed by atoms with Crippen LogP contribution in [0.1, 0.15) is 38.6 Å². The van der Waals surface area contributed by atoms with Gasteiger partial charge in [0.15, 0.2) is 16.3 Å². The second-order valence-electron chi connectivity index (χ2n) is 6.23. The summed E-state index contributed by atoms with van der Waals surface area (Å²) in [7, 11) is 0. The Kier molecular flexibility index (Phi) is 5.16. The van der Waals surface area contributed by atoms with Crippen molar-refractivity contribution in [1.82, 2.24) is 24.8 Å². The number of aromatic nitrogens is 4. The Bertz CT molecular complexity index is 901. The van der Waals surface area contributed by atoms with E-state index in [0.29, 0.717) is 10.8 Å². The maximum Gasteiger partial charge on any atom is 0.327 e. The lowest BCUT2D eigenvalue weighted by molar-refractivity contribution is -0.140. The van der Waals surface area contributed by atoms with Crippen molar-refractivity contribution in [1.29, 1.82) is 0 Å². The molecule has 0 aliphatic heterocycles. The van der Waals surface area contributed by atoms with E-state index in [9.17, 15) is 19.5 Å². The first kappa shape index (κ1) is 18.2. The number of rotatable bonds is 6. The highest BCUT2D eigenvalue weighted by Gasteiger charge is 2.27. The van der Waals surface area contributed by atoms with Crippen molar-refractivity contribution in [3.8, 4) is 0 Å². The molecule has 3 rings (SSSR count). The molecule has 11 heteroatoms. The van der Waals surface area contributed by atoms with Gasteiger partial charge in [0.1, 0.15) is 6.04 Å². The van der Waals surface area contributed by atoms with Gasteiger partial charge in [-0.05, 0) is 12.8 Å². The van der Waals surface area contributed by atoms with Crippen molar-refractivity contribution in [2.24, 2.45) is 0 Å². The van der Waals surface area contributed by atoms with E-state index < -0.39 is 23.5 Å². The molecule has 0 radical (unpaired) electrons. The number of hydrogen-bond acceptors (Lipinski definition) is 7. The van der Waals surface area contributed by atoms with Crippen LogP contribution in [-0.2, 0) is 9.59 Å². The summed E-state index contributed by atoms with van der Waals surface area (Å²) in [5.41, 5.74) is 5.84. The molecule has 0 saturated heterocycles. The number of nitrogens with one attached hydrogen (secondary N) is 2. The molecule has 1 amide bonds. The zero-order valence-corrected chi connectivity index (χ0v) is 15.0. The molecule has 0 bridgehead atoms. The van der Waals surface area contributed by atoms with Gasteiger partial charge < -0.3 is 20.7 Å². The number of anilines is 1. The zero-order chi connectivity index (χ0) is 18.8. The van der Waals surface area contributed by atoms with Gasteiger partial charge in [0.25, 0.3) is 5.56 Å². The number of carbonyl (C=O) groups is 2. The first-order chi connectivity index (χ1) is 12.4. The molecule has 1 aliphatic rings. The Morgan fingerprint density at radius 1 is 1.42 bits per heavy atom. The average molecular weight is 380 g/mol. The van der Waals surface area contributed by atoms with E-state index in [1.165, 1.54) is 18.7 Å². The summed E-state index contributed by atoms with van der Waals surface area (Å²) in [5.74, 6) is -1.46. The van der Waals surface area contributed by atoms with Crippen molar-refractivity contribution in [2.75, 3.05) is 11.5 Å². The minimum atomic E-state index is -1.13. The summed E-state index contributed by atoms with van der Waals surface area (Å²) in [6.45, 7) is 1.26. The summed E-state index contributed by atoms with van der Waals surface area (Å²) < 4.78 is 1.88. The molecule has 1 atom stereocenters. The molecule has 2 heterocycles. The lowest BCUT2D eigenvalue weighted by Crippen LogP contribution is -2.41. The molecule has 0 spiro atoms. The number of aromatic amines is 1. The van der Waals surface area contributed by atoms with Gasteiger partial charge >= 0.3 is 5.97 Å². The highest BCUT2D eigenvalue weighted by molar-refractivity contribution is 7.99. The third-order valence-corrected chi connectivity index (χ3v) is 5.33. The maximum atomic E-state index is 12.2. The van der Waals surface area contributed by atoms with Crippen LogP contribution in [-0.4, -0.2) is 48.3 Å². The number of nitrogens with zero attached hydrogens (tertiary/aromatic N) is 3. The van der Waals surface area contributed by atoms with Gasteiger partial charge in [-0.1, -0.05) is 24.6 Å². The summed E-state index contributed by atoms with van der Waals surface area (Å²) in [6.07, 6.45) is 4.00. The Morgan fingerprint density at radius 2 is 2.12 bits per heavy atom. The molecule has 140 valence electrons. The van der Waals surface area contributed by atoms with Crippen LogP contribution < -0.4 is 16.6 Å². The first-order valence-corrected chi connectivity index (χ1v) is 9.25. The van der Waals surface area contributed by atoms with E-state index in [2.05, 4.69) is 20.3 Å². The average Bonchev–Trinajstić information content (AvgIpc) is 3.17. The molecule has 2 aromatic heterocycles. The van der Waals surface area contributed by atoms with Crippen molar-refractivity contribution < 1.29 is 14.7 Å². The van der Waals surface area contributed by atoms with Crippen LogP contribution in [0.4, 0.5) is 5.95 Å².